The van der Waals surface area contributed by atoms with Crippen LogP contribution in [-0.2, 0) is 14.3 Å². The first-order chi connectivity index (χ1) is 12.4. The minimum Gasteiger partial charge on any atom is -0.482 e. The molecule has 136 valence electrons. The van der Waals surface area contributed by atoms with Gasteiger partial charge in [-0.05, 0) is 56.7 Å². The standard InChI is InChI=1S/C20H21NO5/c1-13-6-4-5-7-18(13)25-12-19(23)26-15(3)20(24)21-17-10-8-16(9-11-17)14(2)22/h4-11,15H,12H2,1-3H3,(H,21,24)/t15-/m1/s1. The fourth-order valence-corrected chi connectivity index (χ4v) is 2.17. The van der Waals surface area contributed by atoms with Crippen molar-refractivity contribution in [3.05, 3.63) is 59.7 Å². The maximum absolute atomic E-state index is 12.1. The highest BCUT2D eigenvalue weighted by molar-refractivity contribution is 5.97. The smallest absolute Gasteiger partial charge is 0.344 e. The largest absolute Gasteiger partial charge is 0.482 e. The first kappa shape index (κ1) is 19.2. The zero-order chi connectivity index (χ0) is 19.1. The van der Waals surface area contributed by atoms with E-state index in [-0.39, 0.29) is 12.4 Å². The van der Waals surface area contributed by atoms with Gasteiger partial charge in [0.05, 0.1) is 0 Å². The van der Waals surface area contributed by atoms with E-state index < -0.39 is 18.0 Å². The molecule has 0 saturated carbocycles. The van der Waals surface area contributed by atoms with Crippen molar-refractivity contribution in [1.29, 1.82) is 0 Å². The second-order valence-electron chi connectivity index (χ2n) is 5.81. The van der Waals surface area contributed by atoms with Crippen LogP contribution in [0.2, 0.25) is 0 Å². The van der Waals surface area contributed by atoms with Gasteiger partial charge in [0.15, 0.2) is 18.5 Å². The van der Waals surface area contributed by atoms with E-state index in [4.69, 9.17) is 9.47 Å². The molecule has 6 heteroatoms. The fraction of sp³-hybridized carbons (Fsp3) is 0.250. The highest BCUT2D eigenvalue weighted by atomic mass is 16.6. The van der Waals surface area contributed by atoms with Crippen molar-refractivity contribution in [2.75, 3.05) is 11.9 Å². The number of hydrogen-bond acceptors (Lipinski definition) is 5. The molecular weight excluding hydrogens is 334 g/mol. The number of aryl methyl sites for hydroxylation is 1. The summed E-state index contributed by atoms with van der Waals surface area (Å²) in [5.74, 6) is -0.571. The van der Waals surface area contributed by atoms with Crippen molar-refractivity contribution in [3.63, 3.8) is 0 Å². The fourth-order valence-electron chi connectivity index (χ4n) is 2.17. The third kappa shape index (κ3) is 5.44. The Labute approximate surface area is 152 Å². The molecule has 0 aliphatic heterocycles. The zero-order valence-electron chi connectivity index (χ0n) is 14.9. The highest BCUT2D eigenvalue weighted by Crippen LogP contribution is 2.16. The number of benzene rings is 2. The van der Waals surface area contributed by atoms with Crippen LogP contribution in [-0.4, -0.2) is 30.4 Å². The summed E-state index contributed by atoms with van der Waals surface area (Å²) in [6, 6.07) is 13.8. The first-order valence-electron chi connectivity index (χ1n) is 8.16. The van der Waals surface area contributed by atoms with Crippen LogP contribution in [0.3, 0.4) is 0 Å². The van der Waals surface area contributed by atoms with E-state index in [9.17, 15) is 14.4 Å². The summed E-state index contributed by atoms with van der Waals surface area (Å²) < 4.78 is 10.5. The predicted octanol–water partition coefficient (Wildman–Crippen LogP) is 3.15. The number of esters is 1. The second-order valence-corrected chi connectivity index (χ2v) is 5.81. The van der Waals surface area contributed by atoms with Crippen LogP contribution < -0.4 is 10.1 Å². The molecule has 6 nitrogen and oxygen atoms in total. The minimum absolute atomic E-state index is 0.0566. The van der Waals surface area contributed by atoms with Crippen LogP contribution in [0.4, 0.5) is 5.69 Å². The van der Waals surface area contributed by atoms with E-state index in [1.54, 1.807) is 36.4 Å². The Morgan fingerprint density at radius 1 is 1.04 bits per heavy atom. The average Bonchev–Trinajstić information content (AvgIpc) is 2.61. The number of hydrogen-bond donors (Lipinski definition) is 1. The zero-order valence-corrected chi connectivity index (χ0v) is 14.9. The molecule has 0 unspecified atom stereocenters. The molecule has 0 spiro atoms. The summed E-state index contributed by atoms with van der Waals surface area (Å²) in [4.78, 5) is 35.2. The van der Waals surface area contributed by atoms with Gasteiger partial charge in [-0.25, -0.2) is 4.79 Å². The highest BCUT2D eigenvalue weighted by Gasteiger charge is 2.18. The normalized spacial score (nSPS) is 11.3. The number of Topliss-reactive ketones (excluding diaryl/α,β-unsaturated/α-hetero) is 1. The molecule has 2 aromatic rings. The molecule has 26 heavy (non-hydrogen) atoms. The van der Waals surface area contributed by atoms with Crippen molar-refractivity contribution in [3.8, 4) is 5.75 Å². The lowest BCUT2D eigenvalue weighted by atomic mass is 10.1. The quantitative estimate of drug-likeness (QED) is 0.609. The molecule has 1 N–H and O–H groups in total. The monoisotopic (exact) mass is 355 g/mol. The number of ketones is 1. The Kier molecular flexibility index (Phi) is 6.49. The molecule has 0 heterocycles. The second kappa shape index (κ2) is 8.80. The molecule has 0 aliphatic rings. The first-order valence-corrected chi connectivity index (χ1v) is 8.16. The third-order valence-corrected chi connectivity index (χ3v) is 3.68. The van der Waals surface area contributed by atoms with E-state index in [0.29, 0.717) is 17.0 Å². The van der Waals surface area contributed by atoms with Crippen LogP contribution in [0.5, 0.6) is 5.75 Å². The maximum Gasteiger partial charge on any atom is 0.344 e. The lowest BCUT2D eigenvalue weighted by Crippen LogP contribution is -2.31. The molecule has 1 amide bonds. The SMILES string of the molecule is CC(=O)c1ccc(NC(=O)[C@@H](C)OC(=O)COc2ccccc2C)cc1. The van der Waals surface area contributed by atoms with Crippen LogP contribution in [0.15, 0.2) is 48.5 Å². The van der Waals surface area contributed by atoms with Gasteiger partial charge in [0, 0.05) is 11.3 Å². The Hall–Kier alpha value is -3.15. The summed E-state index contributed by atoms with van der Waals surface area (Å²) in [5, 5.41) is 2.63. The predicted molar refractivity (Wildman–Crippen MR) is 97.3 cm³/mol. The van der Waals surface area contributed by atoms with Gasteiger partial charge in [-0.1, -0.05) is 18.2 Å². The molecule has 0 saturated heterocycles. The van der Waals surface area contributed by atoms with E-state index in [2.05, 4.69) is 5.32 Å². The summed E-state index contributed by atoms with van der Waals surface area (Å²) in [6.07, 6.45) is -0.976. The summed E-state index contributed by atoms with van der Waals surface area (Å²) in [7, 11) is 0. The molecule has 0 radical (unpaired) electrons. The van der Waals surface area contributed by atoms with Gasteiger partial charge in [0.1, 0.15) is 5.75 Å². The number of amides is 1. The molecular formula is C20H21NO5. The molecule has 1 atom stereocenters. The van der Waals surface area contributed by atoms with E-state index in [1.165, 1.54) is 13.8 Å². The van der Waals surface area contributed by atoms with Gasteiger partial charge in [0.2, 0.25) is 0 Å². The minimum atomic E-state index is -0.976. The van der Waals surface area contributed by atoms with Crippen molar-refractivity contribution in [1.82, 2.24) is 0 Å². The van der Waals surface area contributed by atoms with Crippen molar-refractivity contribution < 1.29 is 23.9 Å². The van der Waals surface area contributed by atoms with E-state index in [1.807, 2.05) is 19.1 Å². The topological polar surface area (TPSA) is 81.7 Å². The Bertz CT molecular complexity index is 798. The Morgan fingerprint density at radius 3 is 2.31 bits per heavy atom. The van der Waals surface area contributed by atoms with Gasteiger partial charge in [-0.2, -0.15) is 0 Å². The van der Waals surface area contributed by atoms with Gasteiger partial charge in [-0.3, -0.25) is 9.59 Å². The van der Waals surface area contributed by atoms with Crippen LogP contribution in [0.25, 0.3) is 0 Å². The number of carbonyl (C=O) groups is 3. The number of para-hydroxylation sites is 1. The number of ether oxygens (including phenoxy) is 2. The molecule has 2 rings (SSSR count). The molecule has 2 aromatic carbocycles. The van der Waals surface area contributed by atoms with Crippen LogP contribution >= 0.6 is 0 Å². The van der Waals surface area contributed by atoms with Crippen molar-refractivity contribution in [2.45, 2.75) is 26.9 Å². The van der Waals surface area contributed by atoms with Gasteiger partial charge in [0.25, 0.3) is 5.91 Å². The lowest BCUT2D eigenvalue weighted by Gasteiger charge is -2.14. The number of rotatable bonds is 7. The summed E-state index contributed by atoms with van der Waals surface area (Å²) in [5.41, 5.74) is 1.97. The van der Waals surface area contributed by atoms with Crippen LogP contribution in [0, 0.1) is 6.92 Å². The maximum atomic E-state index is 12.1. The van der Waals surface area contributed by atoms with Gasteiger partial charge >= 0.3 is 5.97 Å². The van der Waals surface area contributed by atoms with Crippen LogP contribution in [0.1, 0.15) is 29.8 Å². The van der Waals surface area contributed by atoms with Gasteiger partial charge in [-0.15, -0.1) is 0 Å². The summed E-state index contributed by atoms with van der Waals surface area (Å²) in [6.45, 7) is 4.53. The number of carbonyl (C=O) groups excluding carboxylic acids is 3. The lowest BCUT2D eigenvalue weighted by molar-refractivity contribution is -0.155. The molecule has 0 aliphatic carbocycles. The van der Waals surface area contributed by atoms with E-state index >= 15 is 0 Å². The Balaban J connectivity index is 1.83. The third-order valence-electron chi connectivity index (χ3n) is 3.68. The van der Waals surface area contributed by atoms with Gasteiger partial charge < -0.3 is 14.8 Å². The molecule has 0 bridgehead atoms. The molecule has 0 aromatic heterocycles. The average molecular weight is 355 g/mol. The Morgan fingerprint density at radius 2 is 1.69 bits per heavy atom. The number of anilines is 1. The number of nitrogens with one attached hydrogen (secondary N) is 1. The van der Waals surface area contributed by atoms with Crippen molar-refractivity contribution >= 4 is 23.3 Å². The molecule has 0 fully saturated rings. The van der Waals surface area contributed by atoms with E-state index in [0.717, 1.165) is 5.56 Å². The van der Waals surface area contributed by atoms with Crippen molar-refractivity contribution in [2.24, 2.45) is 0 Å². The summed E-state index contributed by atoms with van der Waals surface area (Å²) >= 11 is 0.